The van der Waals surface area contributed by atoms with Crippen molar-refractivity contribution in [3.63, 3.8) is 0 Å². The molecule has 0 radical (unpaired) electrons. The second-order valence-electron chi connectivity index (χ2n) is 7.62. The van der Waals surface area contributed by atoms with Crippen molar-refractivity contribution in [1.29, 1.82) is 0 Å². The molecule has 1 heterocycles. The third-order valence-electron chi connectivity index (χ3n) is 5.09. The number of hydrogen-bond acceptors (Lipinski definition) is 2. The molecule has 5 heteroatoms. The van der Waals surface area contributed by atoms with E-state index in [0.717, 1.165) is 18.9 Å². The summed E-state index contributed by atoms with van der Waals surface area (Å²) >= 11 is 5.84. The number of hydrogen-bond donors (Lipinski definition) is 1. The molecule has 0 fully saturated rings. The minimum atomic E-state index is 0.679. The van der Waals surface area contributed by atoms with Gasteiger partial charge in [-0.25, -0.2) is 4.68 Å². The zero-order valence-electron chi connectivity index (χ0n) is 17.6. The minimum absolute atomic E-state index is 0.679. The number of nitrogens with one attached hydrogen (secondary N) is 1. The van der Waals surface area contributed by atoms with Gasteiger partial charge >= 0.3 is 0 Å². The molecule has 0 spiro atoms. The Hall–Kier alpha value is -3.44. The van der Waals surface area contributed by atoms with Gasteiger partial charge in [0.15, 0.2) is 5.11 Å². The monoisotopic (exact) mass is 426 g/mol. The third-order valence-corrected chi connectivity index (χ3v) is 5.45. The van der Waals surface area contributed by atoms with Crippen LogP contribution in [0, 0.1) is 6.92 Å². The Morgan fingerprint density at radius 1 is 0.839 bits per heavy atom. The molecule has 0 aliphatic rings. The molecule has 3 aromatic carbocycles. The topological polar surface area (TPSA) is 33.1 Å². The standard InChI is InChI=1S/C26H26N4S/c1-21-9-8-14-24(17-21)20-30-25(15-16-27-30)28-26(31)29(18-22-10-4-2-5-11-22)19-23-12-6-3-7-13-23/h2-17H,18-20H2,1H3,(H,28,31). The molecule has 0 atom stereocenters. The average molecular weight is 427 g/mol. The van der Waals surface area contributed by atoms with Gasteiger partial charge in [0.05, 0.1) is 12.7 Å². The van der Waals surface area contributed by atoms with Crippen LogP contribution in [0.5, 0.6) is 0 Å². The van der Waals surface area contributed by atoms with E-state index in [9.17, 15) is 0 Å². The van der Waals surface area contributed by atoms with Crippen LogP contribution in [0.25, 0.3) is 0 Å². The van der Waals surface area contributed by atoms with Gasteiger partial charge in [0.25, 0.3) is 0 Å². The smallest absolute Gasteiger partial charge is 0.175 e. The fourth-order valence-corrected chi connectivity index (χ4v) is 3.78. The molecule has 0 bridgehead atoms. The van der Waals surface area contributed by atoms with Gasteiger partial charge in [-0.2, -0.15) is 5.10 Å². The average Bonchev–Trinajstić information content (AvgIpc) is 3.21. The summed E-state index contributed by atoms with van der Waals surface area (Å²) in [6.45, 7) is 4.25. The van der Waals surface area contributed by atoms with Crippen LogP contribution in [0.4, 0.5) is 5.82 Å². The van der Waals surface area contributed by atoms with Crippen molar-refractivity contribution in [3.05, 3.63) is 119 Å². The summed E-state index contributed by atoms with van der Waals surface area (Å²) in [4.78, 5) is 2.18. The molecule has 0 aliphatic heterocycles. The van der Waals surface area contributed by atoms with Crippen molar-refractivity contribution in [3.8, 4) is 0 Å². The Bertz CT molecular complexity index is 1080. The number of anilines is 1. The molecule has 4 nitrogen and oxygen atoms in total. The van der Waals surface area contributed by atoms with E-state index < -0.39 is 0 Å². The first-order valence-corrected chi connectivity index (χ1v) is 10.8. The Morgan fingerprint density at radius 3 is 2.06 bits per heavy atom. The van der Waals surface area contributed by atoms with E-state index >= 15 is 0 Å². The summed E-state index contributed by atoms with van der Waals surface area (Å²) in [7, 11) is 0. The first kappa shape index (κ1) is 20.8. The van der Waals surface area contributed by atoms with Crippen molar-refractivity contribution in [2.45, 2.75) is 26.6 Å². The number of aryl methyl sites for hydroxylation is 1. The quantitative estimate of drug-likeness (QED) is 0.388. The number of nitrogens with zero attached hydrogens (tertiary/aromatic N) is 3. The van der Waals surface area contributed by atoms with Crippen molar-refractivity contribution in [2.75, 3.05) is 5.32 Å². The van der Waals surface area contributed by atoms with Gasteiger partial charge in [0.1, 0.15) is 5.82 Å². The number of aromatic nitrogens is 2. The molecule has 1 N–H and O–H groups in total. The summed E-state index contributed by atoms with van der Waals surface area (Å²) < 4.78 is 1.95. The lowest BCUT2D eigenvalue weighted by molar-refractivity contribution is 0.412. The molecule has 4 rings (SSSR count). The molecule has 4 aromatic rings. The Balaban J connectivity index is 1.51. The van der Waals surface area contributed by atoms with Crippen molar-refractivity contribution in [1.82, 2.24) is 14.7 Å². The Labute approximate surface area is 189 Å². The van der Waals surface area contributed by atoms with Gasteiger partial charge in [-0.1, -0.05) is 90.5 Å². The van der Waals surface area contributed by atoms with E-state index in [-0.39, 0.29) is 0 Å². The predicted molar refractivity (Wildman–Crippen MR) is 131 cm³/mol. The highest BCUT2D eigenvalue weighted by molar-refractivity contribution is 7.80. The molecule has 0 saturated heterocycles. The van der Waals surface area contributed by atoms with E-state index in [1.165, 1.54) is 22.3 Å². The molecule has 1 aromatic heterocycles. The highest BCUT2D eigenvalue weighted by atomic mass is 32.1. The zero-order valence-corrected chi connectivity index (χ0v) is 18.4. The normalized spacial score (nSPS) is 10.6. The summed E-state index contributed by atoms with van der Waals surface area (Å²) in [5.41, 5.74) is 4.89. The number of benzene rings is 3. The first-order chi connectivity index (χ1) is 15.2. The zero-order chi connectivity index (χ0) is 21.5. The summed E-state index contributed by atoms with van der Waals surface area (Å²) in [5.74, 6) is 0.887. The van der Waals surface area contributed by atoms with Gasteiger partial charge in [-0.15, -0.1) is 0 Å². The van der Waals surface area contributed by atoms with Crippen LogP contribution >= 0.6 is 12.2 Å². The fourth-order valence-electron chi connectivity index (χ4n) is 3.54. The maximum Gasteiger partial charge on any atom is 0.175 e. The lowest BCUT2D eigenvalue weighted by Gasteiger charge is -2.26. The van der Waals surface area contributed by atoms with Crippen LogP contribution in [0.2, 0.25) is 0 Å². The second kappa shape index (κ2) is 10.0. The Morgan fingerprint density at radius 2 is 1.45 bits per heavy atom. The van der Waals surface area contributed by atoms with Gasteiger partial charge in [0, 0.05) is 19.2 Å². The maximum atomic E-state index is 5.84. The molecule has 0 aliphatic carbocycles. The highest BCUT2D eigenvalue weighted by Gasteiger charge is 2.14. The van der Waals surface area contributed by atoms with Crippen LogP contribution in [0.1, 0.15) is 22.3 Å². The molecule has 0 amide bonds. The molecule has 156 valence electrons. The summed E-state index contributed by atoms with van der Waals surface area (Å²) in [5, 5.41) is 8.60. The predicted octanol–water partition coefficient (Wildman–Crippen LogP) is 5.64. The molecular formula is C26H26N4S. The van der Waals surface area contributed by atoms with E-state index in [4.69, 9.17) is 12.2 Å². The van der Waals surface area contributed by atoms with Gasteiger partial charge in [-0.3, -0.25) is 0 Å². The molecule has 0 saturated carbocycles. The van der Waals surface area contributed by atoms with Crippen LogP contribution in [-0.4, -0.2) is 19.8 Å². The number of thiocarbonyl (C=S) groups is 1. The first-order valence-electron chi connectivity index (χ1n) is 10.4. The van der Waals surface area contributed by atoms with Crippen molar-refractivity contribution >= 4 is 23.1 Å². The molecule has 31 heavy (non-hydrogen) atoms. The van der Waals surface area contributed by atoms with Crippen molar-refractivity contribution < 1.29 is 0 Å². The van der Waals surface area contributed by atoms with E-state index in [1.807, 2.05) is 22.9 Å². The van der Waals surface area contributed by atoms with Crippen LogP contribution in [0.3, 0.4) is 0 Å². The Kier molecular flexibility index (Phi) is 6.75. The van der Waals surface area contributed by atoms with Crippen LogP contribution < -0.4 is 5.32 Å². The SMILES string of the molecule is Cc1cccc(Cn2nccc2NC(=S)N(Cc2ccccc2)Cc2ccccc2)c1. The lowest BCUT2D eigenvalue weighted by atomic mass is 10.1. The van der Waals surface area contributed by atoms with Gasteiger partial charge in [-0.05, 0) is 35.8 Å². The summed E-state index contributed by atoms with van der Waals surface area (Å²) in [6, 6.07) is 31.3. The second-order valence-corrected chi connectivity index (χ2v) is 8.01. The van der Waals surface area contributed by atoms with E-state index in [0.29, 0.717) is 11.7 Å². The highest BCUT2D eigenvalue weighted by Crippen LogP contribution is 2.15. The minimum Gasteiger partial charge on any atom is -0.340 e. The van der Waals surface area contributed by atoms with Crippen LogP contribution in [0.15, 0.2) is 97.2 Å². The fraction of sp³-hybridized carbons (Fsp3) is 0.154. The third kappa shape index (κ3) is 5.80. The van der Waals surface area contributed by atoms with Crippen LogP contribution in [-0.2, 0) is 19.6 Å². The van der Waals surface area contributed by atoms with Crippen molar-refractivity contribution in [2.24, 2.45) is 0 Å². The molecular weight excluding hydrogens is 400 g/mol. The molecule has 0 unspecified atom stereocenters. The summed E-state index contributed by atoms with van der Waals surface area (Å²) in [6.07, 6.45) is 1.81. The van der Waals surface area contributed by atoms with Gasteiger partial charge in [0.2, 0.25) is 0 Å². The lowest BCUT2D eigenvalue weighted by Crippen LogP contribution is -2.34. The van der Waals surface area contributed by atoms with E-state index in [1.54, 1.807) is 6.20 Å². The number of rotatable bonds is 7. The van der Waals surface area contributed by atoms with E-state index in [2.05, 4.69) is 95.0 Å². The largest absolute Gasteiger partial charge is 0.340 e. The van der Waals surface area contributed by atoms with Gasteiger partial charge < -0.3 is 10.2 Å². The maximum absolute atomic E-state index is 5.84.